The van der Waals surface area contributed by atoms with Gasteiger partial charge in [-0.1, -0.05) is 5.21 Å². The molecule has 5 rings (SSSR count). The molecule has 5 heterocycles. The van der Waals surface area contributed by atoms with Crippen LogP contribution in [0.3, 0.4) is 0 Å². The molecule has 2 fully saturated rings. The summed E-state index contributed by atoms with van der Waals surface area (Å²) < 4.78 is 7.92. The molecule has 0 aromatic carbocycles. The van der Waals surface area contributed by atoms with Gasteiger partial charge in [-0.25, -0.2) is 9.67 Å². The van der Waals surface area contributed by atoms with Crippen molar-refractivity contribution in [3.05, 3.63) is 30.0 Å². The summed E-state index contributed by atoms with van der Waals surface area (Å²) in [6.45, 7) is 3.72. The Labute approximate surface area is 151 Å². The lowest BCUT2D eigenvalue weighted by Crippen LogP contribution is -2.48. The number of nitrogens with zero attached hydrogens (tertiary/aromatic N) is 7. The average molecular weight is 355 g/mol. The topological polar surface area (TPSA) is 89.3 Å². The van der Waals surface area contributed by atoms with Gasteiger partial charge in [0.2, 0.25) is 0 Å². The van der Waals surface area contributed by atoms with Gasteiger partial charge in [0.1, 0.15) is 11.5 Å². The number of amides is 1. The summed E-state index contributed by atoms with van der Waals surface area (Å²) in [6.07, 6.45) is 8.20. The van der Waals surface area contributed by atoms with Gasteiger partial charge in [-0.05, 0) is 19.3 Å². The van der Waals surface area contributed by atoms with Gasteiger partial charge in [0, 0.05) is 26.2 Å². The summed E-state index contributed by atoms with van der Waals surface area (Å²) in [7, 11) is 0. The third kappa shape index (κ3) is 2.63. The highest BCUT2D eigenvalue weighted by molar-refractivity contribution is 5.92. The van der Waals surface area contributed by atoms with Gasteiger partial charge in [-0.3, -0.25) is 9.78 Å². The van der Waals surface area contributed by atoms with Crippen LogP contribution < -0.4 is 4.90 Å². The second-order valence-corrected chi connectivity index (χ2v) is 7.08. The maximum Gasteiger partial charge on any atom is 0.274 e. The van der Waals surface area contributed by atoms with E-state index in [0.29, 0.717) is 12.3 Å². The first kappa shape index (κ1) is 15.7. The molecule has 1 amide bonds. The molecule has 0 aliphatic carbocycles. The van der Waals surface area contributed by atoms with E-state index in [4.69, 9.17) is 4.74 Å². The van der Waals surface area contributed by atoms with Crippen molar-refractivity contribution in [1.29, 1.82) is 0 Å². The van der Waals surface area contributed by atoms with E-state index < -0.39 is 0 Å². The van der Waals surface area contributed by atoms with E-state index in [-0.39, 0.29) is 18.1 Å². The predicted molar refractivity (Wildman–Crippen MR) is 91.6 cm³/mol. The molecule has 136 valence electrons. The molecule has 0 unspecified atom stereocenters. The molecular weight excluding hydrogens is 334 g/mol. The van der Waals surface area contributed by atoms with Crippen molar-refractivity contribution >= 4 is 11.7 Å². The SMILES string of the molecule is O=C(c1cncc(N2CC[C@@H]3OCc4cnnn4[C@H]3C2)n1)N1CCCC1. The van der Waals surface area contributed by atoms with E-state index in [1.165, 1.54) is 0 Å². The molecule has 3 aliphatic heterocycles. The summed E-state index contributed by atoms with van der Waals surface area (Å²) in [5.74, 6) is 0.715. The van der Waals surface area contributed by atoms with Crippen molar-refractivity contribution in [2.75, 3.05) is 31.1 Å². The molecule has 0 N–H and O–H groups in total. The monoisotopic (exact) mass is 355 g/mol. The van der Waals surface area contributed by atoms with Crippen LogP contribution in [0.15, 0.2) is 18.6 Å². The third-order valence-electron chi connectivity index (χ3n) is 5.49. The first-order chi connectivity index (χ1) is 12.8. The minimum Gasteiger partial charge on any atom is -0.370 e. The summed E-state index contributed by atoms with van der Waals surface area (Å²) >= 11 is 0. The molecule has 9 nitrogen and oxygen atoms in total. The normalized spacial score (nSPS) is 25.1. The first-order valence-electron chi connectivity index (χ1n) is 9.16. The number of anilines is 1. The van der Waals surface area contributed by atoms with Crippen LogP contribution in [-0.2, 0) is 11.3 Å². The zero-order valence-electron chi connectivity index (χ0n) is 14.5. The van der Waals surface area contributed by atoms with Crippen LogP contribution >= 0.6 is 0 Å². The lowest BCUT2D eigenvalue weighted by molar-refractivity contribution is -0.0373. The second kappa shape index (κ2) is 6.31. The molecular formula is C17H21N7O2. The number of hydrogen-bond donors (Lipinski definition) is 0. The Morgan fingerprint density at radius 2 is 2.04 bits per heavy atom. The highest BCUT2D eigenvalue weighted by Gasteiger charge is 2.37. The number of aromatic nitrogens is 5. The number of hydrogen-bond acceptors (Lipinski definition) is 7. The van der Waals surface area contributed by atoms with Crippen molar-refractivity contribution in [1.82, 2.24) is 29.9 Å². The molecule has 2 atom stereocenters. The number of ether oxygens (including phenoxy) is 1. The Balaban J connectivity index is 1.38. The lowest BCUT2D eigenvalue weighted by Gasteiger charge is -2.41. The second-order valence-electron chi connectivity index (χ2n) is 7.08. The molecule has 0 radical (unpaired) electrons. The predicted octanol–water partition coefficient (Wildman–Crippen LogP) is 0.654. The fourth-order valence-corrected chi connectivity index (χ4v) is 4.08. The molecule has 0 spiro atoms. The largest absolute Gasteiger partial charge is 0.370 e. The van der Waals surface area contributed by atoms with E-state index in [2.05, 4.69) is 25.2 Å². The summed E-state index contributed by atoms with van der Waals surface area (Å²) in [6, 6.07) is 0.106. The van der Waals surface area contributed by atoms with Gasteiger partial charge in [0.25, 0.3) is 5.91 Å². The van der Waals surface area contributed by atoms with Crippen molar-refractivity contribution in [3.8, 4) is 0 Å². The van der Waals surface area contributed by atoms with Crippen LogP contribution in [0.1, 0.15) is 41.5 Å². The standard InChI is InChI=1S/C17H21N7O2/c25-17(22-4-1-2-5-22)13-8-18-9-16(20-13)23-6-3-15-14(10-23)24-12(11-26-15)7-19-21-24/h7-9,14-15H,1-6,10-11H2/t14-,15-/m0/s1. The zero-order chi connectivity index (χ0) is 17.5. The van der Waals surface area contributed by atoms with Crippen LogP contribution in [0.25, 0.3) is 0 Å². The Hall–Kier alpha value is -2.55. The van der Waals surface area contributed by atoms with Gasteiger partial charge >= 0.3 is 0 Å². The lowest BCUT2D eigenvalue weighted by atomic mass is 10.0. The van der Waals surface area contributed by atoms with E-state index >= 15 is 0 Å². The van der Waals surface area contributed by atoms with Crippen LogP contribution in [0.2, 0.25) is 0 Å². The van der Waals surface area contributed by atoms with Crippen molar-refractivity contribution < 1.29 is 9.53 Å². The van der Waals surface area contributed by atoms with E-state index in [1.54, 1.807) is 18.6 Å². The van der Waals surface area contributed by atoms with Gasteiger partial charge in [0.15, 0.2) is 0 Å². The van der Waals surface area contributed by atoms with Crippen LogP contribution in [0.5, 0.6) is 0 Å². The van der Waals surface area contributed by atoms with E-state index in [9.17, 15) is 4.79 Å². The third-order valence-corrected chi connectivity index (χ3v) is 5.49. The minimum absolute atomic E-state index is 0.0219. The van der Waals surface area contributed by atoms with Gasteiger partial charge in [0.05, 0.1) is 43.0 Å². The van der Waals surface area contributed by atoms with E-state index in [0.717, 1.165) is 57.0 Å². The van der Waals surface area contributed by atoms with Crippen LogP contribution in [0, 0.1) is 0 Å². The fourth-order valence-electron chi connectivity index (χ4n) is 4.08. The van der Waals surface area contributed by atoms with Crippen molar-refractivity contribution in [2.45, 2.75) is 38.0 Å². The van der Waals surface area contributed by atoms with Gasteiger partial charge in [-0.15, -0.1) is 5.10 Å². The van der Waals surface area contributed by atoms with Crippen molar-refractivity contribution in [3.63, 3.8) is 0 Å². The van der Waals surface area contributed by atoms with Crippen molar-refractivity contribution in [2.24, 2.45) is 0 Å². The number of carbonyl (C=O) groups is 1. The molecule has 9 heteroatoms. The highest BCUT2D eigenvalue weighted by atomic mass is 16.5. The van der Waals surface area contributed by atoms with Crippen LogP contribution in [-0.4, -0.2) is 68.1 Å². The number of rotatable bonds is 2. The maximum atomic E-state index is 12.6. The Morgan fingerprint density at radius 3 is 2.92 bits per heavy atom. The smallest absolute Gasteiger partial charge is 0.274 e. The summed E-state index contributed by atoms with van der Waals surface area (Å²) in [5, 5.41) is 8.24. The molecule has 2 saturated heterocycles. The molecule has 3 aliphatic rings. The molecule has 2 aromatic rings. The average Bonchev–Trinajstić information content (AvgIpc) is 3.39. The number of likely N-dealkylation sites (tertiary alicyclic amines) is 1. The maximum absolute atomic E-state index is 12.6. The summed E-state index contributed by atoms with van der Waals surface area (Å²) in [4.78, 5) is 25.5. The van der Waals surface area contributed by atoms with Gasteiger partial charge in [-0.2, -0.15) is 0 Å². The Kier molecular flexibility index (Phi) is 3.81. The number of carbonyl (C=O) groups excluding carboxylic acids is 1. The Morgan fingerprint density at radius 1 is 1.15 bits per heavy atom. The number of fused-ring (bicyclic) bond motifs is 3. The van der Waals surface area contributed by atoms with E-state index in [1.807, 2.05) is 9.58 Å². The first-order valence-corrected chi connectivity index (χ1v) is 9.16. The van der Waals surface area contributed by atoms with Crippen LogP contribution in [0.4, 0.5) is 5.82 Å². The fraction of sp³-hybridized carbons (Fsp3) is 0.588. The minimum atomic E-state index is -0.0219. The molecule has 2 aromatic heterocycles. The zero-order valence-corrected chi connectivity index (χ0v) is 14.5. The molecule has 0 saturated carbocycles. The van der Waals surface area contributed by atoms with Gasteiger partial charge < -0.3 is 14.5 Å². The summed E-state index contributed by atoms with van der Waals surface area (Å²) in [5.41, 5.74) is 1.42. The Bertz CT molecular complexity index is 817. The molecule has 26 heavy (non-hydrogen) atoms. The molecule has 0 bridgehead atoms. The highest BCUT2D eigenvalue weighted by Crippen LogP contribution is 2.31. The quantitative estimate of drug-likeness (QED) is 0.781. The number of piperidine rings is 1.